The number of anilines is 1. The molecule has 0 atom stereocenters. The van der Waals surface area contributed by atoms with E-state index in [2.05, 4.69) is 15.4 Å². The smallest absolute Gasteiger partial charge is 0.185 e. The Hall–Kier alpha value is -1.58. The highest BCUT2D eigenvalue weighted by molar-refractivity contribution is 7.15. The topological polar surface area (TPSA) is 102 Å². The maximum Gasteiger partial charge on any atom is 0.185 e. The maximum atomic E-state index is 6.14. The number of rotatable bonds is 5. The van der Waals surface area contributed by atoms with Gasteiger partial charge in [0.25, 0.3) is 0 Å². The number of nitrogens with one attached hydrogen (secondary N) is 1. The van der Waals surface area contributed by atoms with Gasteiger partial charge in [0.15, 0.2) is 5.13 Å². The molecule has 1 aromatic heterocycles. The summed E-state index contributed by atoms with van der Waals surface area (Å²) in [6.07, 6.45) is 1.13. The van der Waals surface area contributed by atoms with E-state index in [0.717, 1.165) is 34.4 Å². The predicted octanol–water partition coefficient (Wildman–Crippen LogP) is 2.16. The molecule has 140 valence electrons. The van der Waals surface area contributed by atoms with Crippen LogP contribution in [0.1, 0.15) is 16.1 Å². The Kier molecular flexibility index (Phi) is 6.55. The van der Waals surface area contributed by atoms with Crippen LogP contribution in [0.4, 0.5) is 5.13 Å². The minimum absolute atomic E-state index is 0.492. The van der Waals surface area contributed by atoms with Crippen molar-refractivity contribution < 1.29 is 4.74 Å². The van der Waals surface area contributed by atoms with E-state index in [-0.39, 0.29) is 0 Å². The Balaban J connectivity index is 1.89. The molecule has 0 radical (unpaired) electrons. The van der Waals surface area contributed by atoms with Gasteiger partial charge in [-0.25, -0.2) is 10.8 Å². The lowest BCUT2D eigenvalue weighted by atomic mass is 10.1. The fourth-order valence-corrected chi connectivity index (χ4v) is 4.12. The lowest BCUT2D eigenvalue weighted by molar-refractivity contribution is 0.122. The van der Waals surface area contributed by atoms with Crippen LogP contribution in [0.5, 0.6) is 0 Å². The summed E-state index contributed by atoms with van der Waals surface area (Å²) in [5.74, 6) is 11.4. The monoisotopic (exact) mass is 414 g/mol. The largest absolute Gasteiger partial charge is 0.378 e. The van der Waals surface area contributed by atoms with E-state index in [1.165, 1.54) is 0 Å². The zero-order valence-electron chi connectivity index (χ0n) is 14.0. The summed E-state index contributed by atoms with van der Waals surface area (Å²) in [7, 11) is 0. The van der Waals surface area contributed by atoms with Crippen molar-refractivity contribution in [3.63, 3.8) is 0 Å². The van der Waals surface area contributed by atoms with Crippen LogP contribution in [0.2, 0.25) is 10.0 Å². The average molecular weight is 415 g/mol. The summed E-state index contributed by atoms with van der Waals surface area (Å²) in [4.78, 5) is 8.13. The van der Waals surface area contributed by atoms with Crippen molar-refractivity contribution in [2.75, 3.05) is 31.2 Å². The Morgan fingerprint density at radius 2 is 2.08 bits per heavy atom. The molecule has 0 aliphatic carbocycles. The first-order valence-electron chi connectivity index (χ1n) is 8.09. The van der Waals surface area contributed by atoms with Gasteiger partial charge in [-0.3, -0.25) is 0 Å². The van der Waals surface area contributed by atoms with Gasteiger partial charge in [-0.15, -0.1) is 11.3 Å². The molecule has 1 saturated heterocycles. The summed E-state index contributed by atoms with van der Waals surface area (Å²) < 4.78 is 5.42. The van der Waals surface area contributed by atoms with E-state index >= 15 is 0 Å². The molecule has 2 aromatic rings. The van der Waals surface area contributed by atoms with Gasteiger partial charge in [0.1, 0.15) is 5.84 Å². The molecule has 1 aliphatic rings. The molecule has 0 bridgehead atoms. The van der Waals surface area contributed by atoms with Crippen LogP contribution in [0.3, 0.4) is 0 Å². The third-order valence-corrected chi connectivity index (χ3v) is 5.95. The van der Waals surface area contributed by atoms with Crippen LogP contribution in [0, 0.1) is 0 Å². The van der Waals surface area contributed by atoms with Crippen LogP contribution in [0.25, 0.3) is 0 Å². The number of hydrazine groups is 1. The maximum absolute atomic E-state index is 6.14. The molecule has 1 aliphatic heterocycles. The van der Waals surface area contributed by atoms with Crippen LogP contribution in [-0.2, 0) is 17.6 Å². The average Bonchev–Trinajstić information content (AvgIpc) is 3.06. The number of hydrogen-bond acceptors (Lipinski definition) is 7. The molecule has 1 aromatic carbocycles. The number of amidine groups is 1. The van der Waals surface area contributed by atoms with Crippen molar-refractivity contribution in [2.24, 2.45) is 16.8 Å². The molecule has 0 amide bonds. The quantitative estimate of drug-likeness (QED) is 0.299. The van der Waals surface area contributed by atoms with Crippen molar-refractivity contribution in [3.8, 4) is 0 Å². The number of benzene rings is 1. The number of thiazole rings is 1. The summed E-state index contributed by atoms with van der Waals surface area (Å²) in [6, 6.07) is 5.60. The summed E-state index contributed by atoms with van der Waals surface area (Å²) in [6.45, 7) is 3.06. The lowest BCUT2D eigenvalue weighted by Gasteiger charge is -2.26. The molecule has 0 spiro atoms. The van der Waals surface area contributed by atoms with Crippen molar-refractivity contribution in [2.45, 2.75) is 12.8 Å². The number of ether oxygens (including phenoxy) is 1. The SMILES string of the molecule is N/N=C(/Cc1sc(N2CCOCC2)nc1Cc1ccc(Cl)c(Cl)c1)NN. The zero-order chi connectivity index (χ0) is 18.5. The normalized spacial score (nSPS) is 15.3. The highest BCUT2D eigenvalue weighted by Gasteiger charge is 2.20. The summed E-state index contributed by atoms with van der Waals surface area (Å²) in [5, 5.41) is 5.71. The molecule has 5 N–H and O–H groups in total. The molecular formula is C16H20Cl2N6OS. The number of hydrazone groups is 1. The van der Waals surface area contributed by atoms with E-state index in [0.29, 0.717) is 41.9 Å². The van der Waals surface area contributed by atoms with Crippen molar-refractivity contribution in [1.82, 2.24) is 10.4 Å². The molecule has 26 heavy (non-hydrogen) atoms. The first kappa shape index (κ1) is 19.2. The van der Waals surface area contributed by atoms with Gasteiger partial charge < -0.3 is 20.9 Å². The Bertz CT molecular complexity index is 791. The van der Waals surface area contributed by atoms with Crippen molar-refractivity contribution in [3.05, 3.63) is 44.4 Å². The van der Waals surface area contributed by atoms with E-state index in [1.54, 1.807) is 17.4 Å². The van der Waals surface area contributed by atoms with Crippen LogP contribution >= 0.6 is 34.5 Å². The van der Waals surface area contributed by atoms with Gasteiger partial charge in [0.2, 0.25) is 0 Å². The molecule has 7 nitrogen and oxygen atoms in total. The van der Waals surface area contributed by atoms with Crippen LogP contribution < -0.4 is 22.0 Å². The first-order valence-corrected chi connectivity index (χ1v) is 9.66. The Labute approximate surface area is 165 Å². The van der Waals surface area contributed by atoms with Gasteiger partial charge >= 0.3 is 0 Å². The lowest BCUT2D eigenvalue weighted by Crippen LogP contribution is -2.36. The highest BCUT2D eigenvalue weighted by atomic mass is 35.5. The van der Waals surface area contributed by atoms with Gasteiger partial charge in [-0.2, -0.15) is 5.10 Å². The first-order chi connectivity index (χ1) is 12.6. The van der Waals surface area contributed by atoms with Crippen molar-refractivity contribution >= 4 is 45.5 Å². The van der Waals surface area contributed by atoms with Gasteiger partial charge in [-0.1, -0.05) is 29.3 Å². The van der Waals surface area contributed by atoms with Gasteiger partial charge in [-0.05, 0) is 17.7 Å². The molecule has 0 saturated carbocycles. The standard InChI is InChI=1S/C16H20Cl2N6OS/c17-11-2-1-10(7-12(11)18)8-13-14(9-15(22-19)23-20)26-16(21-13)24-3-5-25-6-4-24/h1-2,7H,3-6,8-9,19-20H2,(H,22,23). The predicted molar refractivity (Wildman–Crippen MR) is 107 cm³/mol. The van der Waals surface area contributed by atoms with Crippen molar-refractivity contribution in [1.29, 1.82) is 0 Å². The number of morpholine rings is 1. The molecule has 3 rings (SSSR count). The van der Waals surface area contributed by atoms with Crippen LogP contribution in [0.15, 0.2) is 23.3 Å². The van der Waals surface area contributed by atoms with Gasteiger partial charge in [0, 0.05) is 30.8 Å². The zero-order valence-corrected chi connectivity index (χ0v) is 16.4. The van der Waals surface area contributed by atoms with E-state index in [1.807, 2.05) is 12.1 Å². The number of aromatic nitrogens is 1. The molecule has 0 unspecified atom stereocenters. The number of hydrogen-bond donors (Lipinski definition) is 3. The van der Waals surface area contributed by atoms with E-state index in [9.17, 15) is 0 Å². The second-order valence-electron chi connectivity index (χ2n) is 5.79. The third kappa shape index (κ3) is 4.57. The highest BCUT2D eigenvalue weighted by Crippen LogP contribution is 2.30. The summed E-state index contributed by atoms with van der Waals surface area (Å²) in [5.41, 5.74) is 4.51. The van der Waals surface area contributed by atoms with E-state index < -0.39 is 0 Å². The second kappa shape index (κ2) is 8.88. The summed E-state index contributed by atoms with van der Waals surface area (Å²) >= 11 is 13.8. The number of halogens is 2. The number of nitrogens with two attached hydrogens (primary N) is 2. The number of nitrogens with zero attached hydrogens (tertiary/aromatic N) is 3. The molecular weight excluding hydrogens is 395 g/mol. The fourth-order valence-electron chi connectivity index (χ4n) is 2.66. The Morgan fingerprint density at radius 1 is 1.31 bits per heavy atom. The van der Waals surface area contributed by atoms with Crippen LogP contribution in [-0.4, -0.2) is 37.1 Å². The Morgan fingerprint density at radius 3 is 2.73 bits per heavy atom. The third-order valence-electron chi connectivity index (χ3n) is 4.05. The fraction of sp³-hybridized carbons (Fsp3) is 0.375. The molecule has 1 fully saturated rings. The second-order valence-corrected chi connectivity index (χ2v) is 7.66. The van der Waals surface area contributed by atoms with E-state index in [4.69, 9.17) is 44.6 Å². The minimum atomic E-state index is 0.492. The van der Waals surface area contributed by atoms with Gasteiger partial charge in [0.05, 0.1) is 29.0 Å². The molecule has 10 heteroatoms. The molecule has 2 heterocycles. The minimum Gasteiger partial charge on any atom is -0.378 e.